The van der Waals surface area contributed by atoms with Gasteiger partial charge in [-0.15, -0.1) is 0 Å². The molecule has 0 amide bonds. The summed E-state index contributed by atoms with van der Waals surface area (Å²) in [6.45, 7) is 0.684. The Morgan fingerprint density at radius 3 is 2.80 bits per heavy atom. The Bertz CT molecular complexity index is 354. The van der Waals surface area contributed by atoms with Crippen molar-refractivity contribution in [3.63, 3.8) is 0 Å². The molecule has 1 aromatic carbocycles. The zero-order chi connectivity index (χ0) is 11.3. The molecule has 0 spiro atoms. The van der Waals surface area contributed by atoms with Gasteiger partial charge in [-0.3, -0.25) is 10.1 Å². The Morgan fingerprint density at radius 1 is 1.53 bits per heavy atom. The molecule has 0 aliphatic heterocycles. The summed E-state index contributed by atoms with van der Waals surface area (Å²) in [5.74, 6) is 0.619. The quantitative estimate of drug-likeness (QED) is 0.579. The molecule has 0 atom stereocenters. The summed E-state index contributed by atoms with van der Waals surface area (Å²) in [5, 5.41) is 10.7. The van der Waals surface area contributed by atoms with Crippen LogP contribution >= 0.6 is 0 Å². The van der Waals surface area contributed by atoms with Crippen molar-refractivity contribution in [1.82, 2.24) is 0 Å². The van der Waals surface area contributed by atoms with Gasteiger partial charge in [-0.1, -0.05) is 0 Å². The molecule has 0 aliphatic rings. The summed E-state index contributed by atoms with van der Waals surface area (Å²) < 4.78 is 10.0. The van der Waals surface area contributed by atoms with Crippen molar-refractivity contribution in [2.24, 2.45) is 5.73 Å². The predicted octanol–water partition coefficient (Wildman–Crippen LogP) is 0.941. The smallest absolute Gasteiger partial charge is 0.314 e. The van der Waals surface area contributed by atoms with Crippen LogP contribution in [0.4, 0.5) is 5.69 Å². The Kier molecular flexibility index (Phi) is 3.87. The van der Waals surface area contributed by atoms with E-state index in [4.69, 9.17) is 15.2 Å². The standard InChI is InChI=1S/C9H12N2O4/c1-14-9-3-2-7(15-5-4-10)6-8(9)11(12)13/h2-3,6H,4-5,10H2,1H3. The number of nitrogens with zero attached hydrogens (tertiary/aromatic N) is 1. The Morgan fingerprint density at radius 2 is 2.27 bits per heavy atom. The van der Waals surface area contributed by atoms with Gasteiger partial charge in [0.25, 0.3) is 0 Å². The highest BCUT2D eigenvalue weighted by Crippen LogP contribution is 2.30. The number of rotatable bonds is 5. The van der Waals surface area contributed by atoms with E-state index in [1.165, 1.54) is 19.2 Å². The maximum absolute atomic E-state index is 10.7. The molecule has 6 heteroatoms. The van der Waals surface area contributed by atoms with Gasteiger partial charge in [0.05, 0.1) is 18.1 Å². The molecule has 0 bridgehead atoms. The predicted molar refractivity (Wildman–Crippen MR) is 54.2 cm³/mol. The maximum Gasteiger partial charge on any atom is 0.314 e. The largest absolute Gasteiger partial charge is 0.492 e. The molecule has 1 aromatic rings. The lowest BCUT2D eigenvalue weighted by atomic mass is 10.3. The van der Waals surface area contributed by atoms with Gasteiger partial charge >= 0.3 is 5.69 Å². The molecular weight excluding hydrogens is 200 g/mol. The number of hydrogen-bond donors (Lipinski definition) is 1. The molecule has 0 aliphatic carbocycles. The van der Waals surface area contributed by atoms with Gasteiger partial charge in [-0.05, 0) is 12.1 Å². The second kappa shape index (κ2) is 5.16. The van der Waals surface area contributed by atoms with Gasteiger partial charge in [0.2, 0.25) is 0 Å². The number of nitro benzene ring substituents is 1. The first-order chi connectivity index (χ1) is 7.19. The fourth-order valence-corrected chi connectivity index (χ4v) is 1.08. The van der Waals surface area contributed by atoms with E-state index in [-0.39, 0.29) is 11.4 Å². The third-order valence-corrected chi connectivity index (χ3v) is 1.73. The molecule has 0 radical (unpaired) electrons. The van der Waals surface area contributed by atoms with Gasteiger partial charge < -0.3 is 15.2 Å². The molecule has 2 N–H and O–H groups in total. The third kappa shape index (κ3) is 2.81. The molecule has 0 saturated carbocycles. The Balaban J connectivity index is 2.94. The number of methoxy groups -OCH3 is 1. The highest BCUT2D eigenvalue weighted by atomic mass is 16.6. The van der Waals surface area contributed by atoms with Gasteiger partial charge in [-0.2, -0.15) is 0 Å². The second-order valence-corrected chi connectivity index (χ2v) is 2.73. The highest BCUT2D eigenvalue weighted by molar-refractivity contribution is 5.50. The second-order valence-electron chi connectivity index (χ2n) is 2.73. The van der Waals surface area contributed by atoms with Gasteiger partial charge in [-0.25, -0.2) is 0 Å². The summed E-state index contributed by atoms with van der Waals surface area (Å²) in [6.07, 6.45) is 0. The van der Waals surface area contributed by atoms with Crippen LogP contribution in [0.25, 0.3) is 0 Å². The van der Waals surface area contributed by atoms with E-state index in [1.807, 2.05) is 0 Å². The van der Waals surface area contributed by atoms with Crippen LogP contribution in [-0.4, -0.2) is 25.2 Å². The van der Waals surface area contributed by atoms with Crippen molar-refractivity contribution in [3.8, 4) is 11.5 Å². The summed E-state index contributed by atoms with van der Waals surface area (Å²) in [6, 6.07) is 4.40. The Hall–Kier alpha value is -1.82. The Labute approximate surface area is 86.7 Å². The van der Waals surface area contributed by atoms with E-state index < -0.39 is 4.92 Å². The van der Waals surface area contributed by atoms with Crippen LogP contribution in [0, 0.1) is 10.1 Å². The van der Waals surface area contributed by atoms with Crippen molar-refractivity contribution in [3.05, 3.63) is 28.3 Å². The lowest BCUT2D eigenvalue weighted by Crippen LogP contribution is -2.10. The molecule has 6 nitrogen and oxygen atoms in total. The van der Waals surface area contributed by atoms with Crippen molar-refractivity contribution in [2.45, 2.75) is 0 Å². The van der Waals surface area contributed by atoms with E-state index in [0.29, 0.717) is 18.9 Å². The van der Waals surface area contributed by atoms with Crippen LogP contribution < -0.4 is 15.2 Å². The lowest BCUT2D eigenvalue weighted by Gasteiger charge is -2.06. The lowest BCUT2D eigenvalue weighted by molar-refractivity contribution is -0.385. The van der Waals surface area contributed by atoms with Gasteiger partial charge in [0, 0.05) is 6.54 Å². The van der Waals surface area contributed by atoms with Crippen LogP contribution in [-0.2, 0) is 0 Å². The van der Waals surface area contributed by atoms with Gasteiger partial charge in [0.15, 0.2) is 5.75 Å². The molecule has 82 valence electrons. The molecule has 15 heavy (non-hydrogen) atoms. The summed E-state index contributed by atoms with van der Waals surface area (Å²) >= 11 is 0. The minimum absolute atomic E-state index is 0.118. The van der Waals surface area contributed by atoms with Crippen molar-refractivity contribution in [2.75, 3.05) is 20.3 Å². The molecule has 0 heterocycles. The maximum atomic E-state index is 10.7. The minimum atomic E-state index is -0.520. The number of hydrogen-bond acceptors (Lipinski definition) is 5. The van der Waals surface area contributed by atoms with E-state index in [2.05, 4.69) is 0 Å². The number of benzene rings is 1. The third-order valence-electron chi connectivity index (χ3n) is 1.73. The summed E-state index contributed by atoms with van der Waals surface area (Å²) in [7, 11) is 1.38. The zero-order valence-corrected chi connectivity index (χ0v) is 8.30. The molecule has 0 saturated heterocycles. The van der Waals surface area contributed by atoms with Crippen molar-refractivity contribution >= 4 is 5.69 Å². The van der Waals surface area contributed by atoms with Crippen LogP contribution in [0.3, 0.4) is 0 Å². The van der Waals surface area contributed by atoms with E-state index in [9.17, 15) is 10.1 Å². The average Bonchev–Trinajstić information content (AvgIpc) is 2.25. The van der Waals surface area contributed by atoms with E-state index in [1.54, 1.807) is 6.07 Å². The minimum Gasteiger partial charge on any atom is -0.492 e. The van der Waals surface area contributed by atoms with E-state index in [0.717, 1.165) is 0 Å². The van der Waals surface area contributed by atoms with Crippen LogP contribution in [0.5, 0.6) is 11.5 Å². The SMILES string of the molecule is COc1ccc(OCCN)cc1[N+](=O)[O-]. The summed E-state index contributed by atoms with van der Waals surface area (Å²) in [5.41, 5.74) is 5.13. The average molecular weight is 212 g/mol. The molecular formula is C9H12N2O4. The molecule has 0 unspecified atom stereocenters. The molecule has 1 rings (SSSR count). The van der Waals surface area contributed by atoms with Crippen LogP contribution in [0.2, 0.25) is 0 Å². The fourth-order valence-electron chi connectivity index (χ4n) is 1.08. The molecule has 0 fully saturated rings. The number of nitrogens with two attached hydrogens (primary N) is 1. The van der Waals surface area contributed by atoms with E-state index >= 15 is 0 Å². The van der Waals surface area contributed by atoms with Gasteiger partial charge in [0.1, 0.15) is 12.4 Å². The topological polar surface area (TPSA) is 87.6 Å². The number of nitro groups is 1. The zero-order valence-electron chi connectivity index (χ0n) is 8.30. The fraction of sp³-hybridized carbons (Fsp3) is 0.333. The van der Waals surface area contributed by atoms with Crippen molar-refractivity contribution < 1.29 is 14.4 Å². The first-order valence-corrected chi connectivity index (χ1v) is 4.34. The number of ether oxygens (including phenoxy) is 2. The highest BCUT2D eigenvalue weighted by Gasteiger charge is 2.15. The summed E-state index contributed by atoms with van der Waals surface area (Å²) in [4.78, 5) is 10.1. The monoisotopic (exact) mass is 212 g/mol. The van der Waals surface area contributed by atoms with Crippen LogP contribution in [0.1, 0.15) is 0 Å². The van der Waals surface area contributed by atoms with Crippen molar-refractivity contribution in [1.29, 1.82) is 0 Å². The normalized spacial score (nSPS) is 9.73. The first kappa shape index (κ1) is 11.3. The first-order valence-electron chi connectivity index (χ1n) is 4.34. The van der Waals surface area contributed by atoms with Crippen LogP contribution in [0.15, 0.2) is 18.2 Å². The molecule has 0 aromatic heterocycles.